The summed E-state index contributed by atoms with van der Waals surface area (Å²) in [7, 11) is -1.86. The van der Waals surface area contributed by atoms with Crippen LogP contribution in [0.3, 0.4) is 0 Å². The number of aryl methyl sites for hydroxylation is 1. The van der Waals surface area contributed by atoms with E-state index in [0.717, 1.165) is 5.56 Å². The Bertz CT molecular complexity index is 1020. The number of sulfonamides is 1. The molecule has 1 heterocycles. The van der Waals surface area contributed by atoms with Crippen LogP contribution >= 0.6 is 12.4 Å². The summed E-state index contributed by atoms with van der Waals surface area (Å²) in [5.41, 5.74) is 1.91. The van der Waals surface area contributed by atoms with Gasteiger partial charge in [-0.15, -0.1) is 12.4 Å². The van der Waals surface area contributed by atoms with Crippen LogP contribution in [0.15, 0.2) is 57.9 Å². The van der Waals surface area contributed by atoms with Crippen molar-refractivity contribution >= 4 is 28.1 Å². The summed E-state index contributed by atoms with van der Waals surface area (Å²) in [6.07, 6.45) is 0.608. The number of para-hydroxylation sites is 1. The van der Waals surface area contributed by atoms with E-state index in [9.17, 15) is 8.42 Å². The molecule has 28 heavy (non-hydrogen) atoms. The molecular weight excluding hydrogens is 400 g/mol. The lowest BCUT2D eigenvalue weighted by Gasteiger charge is -2.11. The topological polar surface area (TPSA) is 97.1 Å². The fourth-order valence-corrected chi connectivity index (χ4v) is 3.58. The Morgan fingerprint density at radius 3 is 2.46 bits per heavy atom. The zero-order valence-corrected chi connectivity index (χ0v) is 17.5. The molecule has 0 aliphatic carbocycles. The van der Waals surface area contributed by atoms with Gasteiger partial charge in [0.15, 0.2) is 5.82 Å². The van der Waals surface area contributed by atoms with E-state index in [2.05, 4.69) is 20.2 Å². The number of nitrogens with one attached hydrogen (secondary N) is 2. The molecule has 1 unspecified atom stereocenters. The molecule has 0 spiro atoms. The summed E-state index contributed by atoms with van der Waals surface area (Å²) in [5, 5.41) is 7.10. The smallest absolute Gasteiger partial charge is 0.261 e. The highest BCUT2D eigenvalue weighted by atomic mass is 35.5. The molecule has 0 radical (unpaired) electrons. The highest BCUT2D eigenvalue weighted by Crippen LogP contribution is 2.28. The van der Waals surface area contributed by atoms with Gasteiger partial charge in [-0.25, -0.2) is 8.42 Å². The average molecular weight is 423 g/mol. The molecule has 3 aromatic rings. The number of hydrogen-bond acceptors (Lipinski definition) is 6. The molecule has 2 N–H and O–H groups in total. The van der Waals surface area contributed by atoms with Gasteiger partial charge in [0.2, 0.25) is 0 Å². The Balaban J connectivity index is 0.00000280. The minimum absolute atomic E-state index is 0. The van der Waals surface area contributed by atoms with Crippen molar-refractivity contribution in [1.82, 2.24) is 15.5 Å². The predicted octanol–water partition coefficient (Wildman–Crippen LogP) is 3.42. The minimum Gasteiger partial charge on any atom is -0.334 e. The Kier molecular flexibility index (Phi) is 7.17. The highest BCUT2D eigenvalue weighted by Gasteiger charge is 2.19. The number of benzene rings is 2. The Morgan fingerprint density at radius 2 is 1.79 bits per heavy atom. The Labute approximate surface area is 171 Å². The van der Waals surface area contributed by atoms with Crippen molar-refractivity contribution in [1.29, 1.82) is 0 Å². The van der Waals surface area contributed by atoms with Gasteiger partial charge in [-0.3, -0.25) is 4.72 Å². The van der Waals surface area contributed by atoms with Crippen molar-refractivity contribution in [2.45, 2.75) is 31.2 Å². The largest absolute Gasteiger partial charge is 0.334 e. The number of hydrogen-bond donors (Lipinski definition) is 2. The fourth-order valence-electron chi connectivity index (χ4n) is 2.50. The normalized spacial score (nSPS) is 12.2. The van der Waals surface area contributed by atoms with E-state index in [0.29, 0.717) is 23.5 Å². The van der Waals surface area contributed by atoms with Crippen LogP contribution in [0.5, 0.6) is 0 Å². The molecule has 0 aliphatic rings. The van der Waals surface area contributed by atoms with Gasteiger partial charge in [0.05, 0.1) is 16.1 Å². The van der Waals surface area contributed by atoms with E-state index < -0.39 is 10.0 Å². The quantitative estimate of drug-likeness (QED) is 0.605. The number of aromatic nitrogens is 2. The summed E-state index contributed by atoms with van der Waals surface area (Å²) in [4.78, 5) is 4.58. The molecule has 9 heteroatoms. The zero-order chi connectivity index (χ0) is 19.4. The highest BCUT2D eigenvalue weighted by molar-refractivity contribution is 7.92. The van der Waals surface area contributed by atoms with Gasteiger partial charge in [0, 0.05) is 12.5 Å². The van der Waals surface area contributed by atoms with Crippen LogP contribution in [-0.2, 0) is 16.4 Å². The first-order valence-corrected chi connectivity index (χ1v) is 10.1. The molecule has 0 aliphatic heterocycles. The van der Waals surface area contributed by atoms with Crippen LogP contribution in [0, 0.1) is 6.92 Å². The minimum atomic E-state index is -3.73. The molecule has 0 saturated carbocycles. The molecule has 1 aromatic heterocycles. The first kappa shape index (κ1) is 21.9. The molecule has 7 nitrogen and oxygen atoms in total. The van der Waals surface area contributed by atoms with Crippen molar-refractivity contribution in [2.24, 2.45) is 0 Å². The second kappa shape index (κ2) is 9.18. The van der Waals surface area contributed by atoms with Crippen molar-refractivity contribution in [3.8, 4) is 11.5 Å². The monoisotopic (exact) mass is 422 g/mol. The third-order valence-corrected chi connectivity index (χ3v) is 5.56. The molecule has 0 fully saturated rings. The van der Waals surface area contributed by atoms with E-state index in [1.165, 1.54) is 0 Å². The van der Waals surface area contributed by atoms with Crippen molar-refractivity contribution in [2.75, 3.05) is 11.8 Å². The second-order valence-electron chi connectivity index (χ2n) is 6.37. The summed E-state index contributed by atoms with van der Waals surface area (Å²) in [6, 6.07) is 13.8. The molecular formula is C19H23ClN4O3S. The van der Waals surface area contributed by atoms with Gasteiger partial charge in [-0.2, -0.15) is 4.98 Å². The van der Waals surface area contributed by atoms with Crippen LogP contribution in [0.2, 0.25) is 0 Å². The number of halogens is 1. The van der Waals surface area contributed by atoms with Gasteiger partial charge < -0.3 is 9.84 Å². The molecule has 1 atom stereocenters. The maximum atomic E-state index is 12.7. The van der Waals surface area contributed by atoms with E-state index in [1.54, 1.807) is 48.5 Å². The van der Waals surface area contributed by atoms with E-state index in [4.69, 9.17) is 4.52 Å². The maximum absolute atomic E-state index is 12.7. The van der Waals surface area contributed by atoms with E-state index >= 15 is 0 Å². The molecule has 0 bridgehead atoms. The number of rotatable bonds is 7. The second-order valence-corrected chi connectivity index (χ2v) is 8.06. The molecule has 3 rings (SSSR count). The number of nitrogens with zero attached hydrogens (tertiary/aromatic N) is 2. The van der Waals surface area contributed by atoms with Crippen LogP contribution < -0.4 is 10.0 Å². The lowest BCUT2D eigenvalue weighted by molar-refractivity contribution is 0.418. The third kappa shape index (κ3) is 5.09. The molecule has 0 amide bonds. The van der Waals surface area contributed by atoms with Gasteiger partial charge >= 0.3 is 0 Å². The average Bonchev–Trinajstić information content (AvgIpc) is 3.10. The first-order valence-electron chi connectivity index (χ1n) is 8.58. The summed E-state index contributed by atoms with van der Waals surface area (Å²) in [6.45, 7) is 3.92. The Morgan fingerprint density at radius 1 is 1.11 bits per heavy atom. The van der Waals surface area contributed by atoms with Gasteiger partial charge in [0.1, 0.15) is 0 Å². The molecule has 0 saturated heterocycles. The SMILES string of the molecule is CNC(C)Cc1noc(-c2ccccc2NS(=O)(=O)c2ccc(C)cc2)n1.Cl. The van der Waals surface area contributed by atoms with Crippen LogP contribution in [-0.4, -0.2) is 31.6 Å². The third-order valence-electron chi connectivity index (χ3n) is 4.18. The van der Waals surface area contributed by atoms with Crippen LogP contribution in [0.25, 0.3) is 11.5 Å². The summed E-state index contributed by atoms with van der Waals surface area (Å²) < 4.78 is 33.4. The Hall–Kier alpha value is -2.42. The van der Waals surface area contributed by atoms with Crippen LogP contribution in [0.4, 0.5) is 5.69 Å². The fraction of sp³-hybridized carbons (Fsp3) is 0.263. The van der Waals surface area contributed by atoms with Gasteiger partial charge in [-0.1, -0.05) is 35.0 Å². The first-order chi connectivity index (χ1) is 12.9. The lowest BCUT2D eigenvalue weighted by atomic mass is 10.2. The van der Waals surface area contributed by atoms with Gasteiger partial charge in [-0.05, 0) is 45.2 Å². The van der Waals surface area contributed by atoms with E-state index in [-0.39, 0.29) is 29.2 Å². The van der Waals surface area contributed by atoms with Crippen LogP contribution in [0.1, 0.15) is 18.3 Å². The van der Waals surface area contributed by atoms with Crippen molar-refractivity contribution < 1.29 is 12.9 Å². The number of anilines is 1. The zero-order valence-electron chi connectivity index (χ0n) is 15.8. The van der Waals surface area contributed by atoms with Crippen molar-refractivity contribution in [3.05, 3.63) is 59.9 Å². The van der Waals surface area contributed by atoms with Crippen molar-refractivity contribution in [3.63, 3.8) is 0 Å². The van der Waals surface area contributed by atoms with Gasteiger partial charge in [0.25, 0.3) is 15.9 Å². The summed E-state index contributed by atoms with van der Waals surface area (Å²) >= 11 is 0. The maximum Gasteiger partial charge on any atom is 0.261 e. The number of likely N-dealkylation sites (N-methyl/N-ethyl adjacent to an activating group) is 1. The lowest BCUT2D eigenvalue weighted by Crippen LogP contribution is -2.24. The molecule has 2 aromatic carbocycles. The summed E-state index contributed by atoms with van der Waals surface area (Å²) in [5.74, 6) is 0.832. The predicted molar refractivity (Wildman–Crippen MR) is 111 cm³/mol. The molecule has 150 valence electrons. The standard InChI is InChI=1S/C19H22N4O3S.ClH/c1-13-8-10-15(11-9-13)27(24,25)23-17-7-5-4-6-16(17)19-21-18(22-26-19)12-14(2)20-3;/h4-11,14,20,23H,12H2,1-3H3;1H. The van der Waals surface area contributed by atoms with E-state index in [1.807, 2.05) is 20.9 Å².